The second kappa shape index (κ2) is 7.73. The van der Waals surface area contributed by atoms with E-state index in [1.54, 1.807) is 61.8 Å². The molecule has 3 rings (SSSR count). The molecular formula is C18H20N4O4. The summed E-state index contributed by atoms with van der Waals surface area (Å²) >= 11 is 0. The lowest BCUT2D eigenvalue weighted by Crippen LogP contribution is -2.37. The number of hydrogen-bond acceptors (Lipinski definition) is 5. The second-order valence-corrected chi connectivity index (χ2v) is 5.68. The molecule has 1 aromatic heterocycles. The smallest absolute Gasteiger partial charge is 0.325 e. The number of rotatable bonds is 6. The molecule has 2 aromatic rings. The van der Waals surface area contributed by atoms with Gasteiger partial charge in [-0.2, -0.15) is 0 Å². The molecule has 1 aliphatic rings. The van der Waals surface area contributed by atoms with E-state index in [-0.39, 0.29) is 18.5 Å². The molecule has 26 heavy (non-hydrogen) atoms. The van der Waals surface area contributed by atoms with E-state index in [4.69, 9.17) is 9.47 Å². The fourth-order valence-corrected chi connectivity index (χ4v) is 2.77. The summed E-state index contributed by atoms with van der Waals surface area (Å²) in [5, 5.41) is 2.73. The molecule has 1 N–H and O–H groups in total. The number of nitrogens with one attached hydrogen (secondary N) is 1. The zero-order valence-corrected chi connectivity index (χ0v) is 14.6. The molecule has 8 heteroatoms. The number of carbonyl (C=O) groups is 2. The zero-order valence-electron chi connectivity index (χ0n) is 14.6. The van der Waals surface area contributed by atoms with Gasteiger partial charge in [-0.15, -0.1) is 0 Å². The molecule has 8 nitrogen and oxygen atoms in total. The molecule has 0 atom stereocenters. The monoisotopic (exact) mass is 356 g/mol. The molecule has 0 radical (unpaired) electrons. The highest BCUT2D eigenvalue weighted by Crippen LogP contribution is 2.32. The molecular weight excluding hydrogens is 336 g/mol. The minimum absolute atomic E-state index is 0.0164. The fourth-order valence-electron chi connectivity index (χ4n) is 2.77. The van der Waals surface area contributed by atoms with Crippen molar-refractivity contribution in [3.63, 3.8) is 0 Å². The highest BCUT2D eigenvalue weighted by atomic mass is 16.5. The number of aromatic nitrogens is 1. The van der Waals surface area contributed by atoms with Gasteiger partial charge < -0.3 is 19.7 Å². The number of urea groups is 1. The third-order valence-electron chi connectivity index (χ3n) is 4.05. The van der Waals surface area contributed by atoms with Crippen molar-refractivity contribution in [2.45, 2.75) is 0 Å². The van der Waals surface area contributed by atoms with Crippen molar-refractivity contribution >= 4 is 23.3 Å². The molecule has 1 aliphatic heterocycles. The Morgan fingerprint density at radius 2 is 2.00 bits per heavy atom. The van der Waals surface area contributed by atoms with E-state index in [1.807, 2.05) is 0 Å². The van der Waals surface area contributed by atoms with Crippen molar-refractivity contribution in [2.75, 3.05) is 44.1 Å². The van der Waals surface area contributed by atoms with Gasteiger partial charge in [0, 0.05) is 31.0 Å². The topological polar surface area (TPSA) is 84.0 Å². The first kappa shape index (κ1) is 17.5. The van der Waals surface area contributed by atoms with Crippen LogP contribution >= 0.6 is 0 Å². The third kappa shape index (κ3) is 3.69. The average Bonchev–Trinajstić information content (AvgIpc) is 3.02. The number of nitrogens with zero attached hydrogens (tertiary/aromatic N) is 3. The van der Waals surface area contributed by atoms with E-state index >= 15 is 0 Å². The zero-order chi connectivity index (χ0) is 18.5. The highest BCUT2D eigenvalue weighted by Gasteiger charge is 2.31. The Kier molecular flexibility index (Phi) is 5.21. The van der Waals surface area contributed by atoms with Crippen molar-refractivity contribution in [1.29, 1.82) is 0 Å². The maximum absolute atomic E-state index is 12.6. The number of carbonyl (C=O) groups excluding carboxylic acids is 2. The maximum Gasteiger partial charge on any atom is 0.325 e. The van der Waals surface area contributed by atoms with Gasteiger partial charge in [0.2, 0.25) is 5.91 Å². The predicted molar refractivity (Wildman–Crippen MR) is 96.7 cm³/mol. The van der Waals surface area contributed by atoms with Crippen LogP contribution in [-0.4, -0.2) is 55.7 Å². The molecule has 2 heterocycles. The summed E-state index contributed by atoms with van der Waals surface area (Å²) < 4.78 is 10.5. The first-order valence-electron chi connectivity index (χ1n) is 8.10. The molecule has 0 aliphatic carbocycles. The van der Waals surface area contributed by atoms with Crippen LogP contribution in [0.4, 0.5) is 16.2 Å². The summed E-state index contributed by atoms with van der Waals surface area (Å²) in [6.07, 6.45) is 3.18. The molecule has 0 bridgehead atoms. The Labute approximate surface area is 151 Å². The van der Waals surface area contributed by atoms with Crippen molar-refractivity contribution in [2.24, 2.45) is 0 Å². The van der Waals surface area contributed by atoms with Crippen LogP contribution < -0.4 is 19.7 Å². The lowest BCUT2D eigenvalue weighted by Gasteiger charge is -2.19. The normalized spacial score (nSPS) is 13.7. The van der Waals surface area contributed by atoms with Crippen LogP contribution in [0.1, 0.15) is 0 Å². The quantitative estimate of drug-likeness (QED) is 0.856. The van der Waals surface area contributed by atoms with E-state index in [0.717, 1.165) is 0 Å². The van der Waals surface area contributed by atoms with Crippen LogP contribution in [0.2, 0.25) is 0 Å². The van der Waals surface area contributed by atoms with Gasteiger partial charge in [0.15, 0.2) is 11.5 Å². The minimum atomic E-state index is -0.263. The Balaban J connectivity index is 1.65. The SMILES string of the molecule is COc1ccc(N2CCN(CC(=O)Nc3cccnc3)C2=O)cc1OC. The fraction of sp³-hybridized carbons (Fsp3) is 0.278. The minimum Gasteiger partial charge on any atom is -0.493 e. The Morgan fingerprint density at radius 1 is 1.19 bits per heavy atom. The van der Waals surface area contributed by atoms with Gasteiger partial charge in [-0.1, -0.05) is 0 Å². The number of benzene rings is 1. The molecule has 3 amide bonds. The summed E-state index contributed by atoms with van der Waals surface area (Å²) in [6.45, 7) is 0.944. The van der Waals surface area contributed by atoms with Gasteiger partial charge in [0.1, 0.15) is 6.54 Å². The lowest BCUT2D eigenvalue weighted by molar-refractivity contribution is -0.116. The Bertz CT molecular complexity index is 797. The summed E-state index contributed by atoms with van der Waals surface area (Å²) in [5.74, 6) is 0.877. The first-order valence-corrected chi connectivity index (χ1v) is 8.10. The number of pyridine rings is 1. The van der Waals surface area contributed by atoms with Gasteiger partial charge in [-0.3, -0.25) is 14.7 Å². The summed E-state index contributed by atoms with van der Waals surface area (Å²) in [6, 6.07) is 8.54. The number of hydrogen-bond donors (Lipinski definition) is 1. The van der Waals surface area contributed by atoms with E-state index in [2.05, 4.69) is 10.3 Å². The Hall–Kier alpha value is -3.29. The van der Waals surface area contributed by atoms with Crippen LogP contribution in [0.25, 0.3) is 0 Å². The van der Waals surface area contributed by atoms with Crippen LogP contribution in [0.3, 0.4) is 0 Å². The van der Waals surface area contributed by atoms with Crippen LogP contribution in [0.5, 0.6) is 11.5 Å². The molecule has 1 fully saturated rings. The molecule has 136 valence electrons. The molecule has 0 saturated carbocycles. The van der Waals surface area contributed by atoms with Crippen molar-refractivity contribution in [3.8, 4) is 11.5 Å². The summed E-state index contributed by atoms with van der Waals surface area (Å²) in [7, 11) is 3.10. The summed E-state index contributed by atoms with van der Waals surface area (Å²) in [4.78, 5) is 31.8. The molecule has 0 spiro atoms. The first-order chi connectivity index (χ1) is 12.6. The van der Waals surface area contributed by atoms with Gasteiger partial charge >= 0.3 is 6.03 Å². The standard InChI is InChI=1S/C18H20N4O4/c1-25-15-6-5-14(10-16(15)26-2)22-9-8-21(18(22)24)12-17(23)20-13-4-3-7-19-11-13/h3-7,10-11H,8-9,12H2,1-2H3,(H,20,23). The van der Waals surface area contributed by atoms with Gasteiger partial charge in [0.25, 0.3) is 0 Å². The van der Waals surface area contributed by atoms with Gasteiger partial charge in [-0.25, -0.2) is 4.79 Å². The molecule has 1 saturated heterocycles. The summed E-state index contributed by atoms with van der Waals surface area (Å²) in [5.41, 5.74) is 1.30. The molecule has 1 aromatic carbocycles. The van der Waals surface area contributed by atoms with E-state index in [0.29, 0.717) is 36.0 Å². The van der Waals surface area contributed by atoms with E-state index < -0.39 is 0 Å². The maximum atomic E-state index is 12.6. The van der Waals surface area contributed by atoms with Crippen molar-refractivity contribution in [1.82, 2.24) is 9.88 Å². The highest BCUT2D eigenvalue weighted by molar-refractivity contribution is 5.99. The van der Waals surface area contributed by atoms with Gasteiger partial charge in [-0.05, 0) is 24.3 Å². The molecule has 0 unspecified atom stereocenters. The van der Waals surface area contributed by atoms with Crippen molar-refractivity contribution in [3.05, 3.63) is 42.7 Å². The van der Waals surface area contributed by atoms with Crippen LogP contribution in [0.15, 0.2) is 42.7 Å². The number of amides is 3. The van der Waals surface area contributed by atoms with Gasteiger partial charge in [0.05, 0.1) is 26.1 Å². The second-order valence-electron chi connectivity index (χ2n) is 5.68. The lowest BCUT2D eigenvalue weighted by atomic mass is 10.2. The third-order valence-corrected chi connectivity index (χ3v) is 4.05. The Morgan fingerprint density at radius 3 is 2.69 bits per heavy atom. The predicted octanol–water partition coefficient (Wildman–Crippen LogP) is 1.98. The van der Waals surface area contributed by atoms with E-state index in [9.17, 15) is 9.59 Å². The van der Waals surface area contributed by atoms with E-state index in [1.165, 1.54) is 4.90 Å². The number of anilines is 2. The average molecular weight is 356 g/mol. The number of ether oxygens (including phenoxy) is 2. The number of methoxy groups -OCH3 is 2. The van der Waals surface area contributed by atoms with Crippen molar-refractivity contribution < 1.29 is 19.1 Å². The largest absolute Gasteiger partial charge is 0.493 e. The van der Waals surface area contributed by atoms with Crippen LogP contribution in [0, 0.1) is 0 Å². The van der Waals surface area contributed by atoms with Crippen LogP contribution in [-0.2, 0) is 4.79 Å².